The van der Waals surface area contributed by atoms with Crippen molar-refractivity contribution < 1.29 is 5.48 Å². The second-order valence-electron chi connectivity index (χ2n) is 1.24. The van der Waals surface area contributed by atoms with Crippen LogP contribution >= 0.6 is 0 Å². The van der Waals surface area contributed by atoms with Gasteiger partial charge in [-0.2, -0.15) is 0 Å². The summed E-state index contributed by atoms with van der Waals surface area (Å²) in [6.45, 7) is 7.29. The van der Waals surface area contributed by atoms with E-state index in [0.717, 1.165) is 0 Å². The summed E-state index contributed by atoms with van der Waals surface area (Å²) >= 11 is -0.235. The van der Waals surface area contributed by atoms with Crippen LogP contribution in [-0.2, 0) is 0 Å². The monoisotopic (exact) mass is 308 g/mol. The van der Waals surface area contributed by atoms with E-state index >= 15 is 0 Å². The van der Waals surface area contributed by atoms with E-state index in [0.29, 0.717) is 0 Å². The van der Waals surface area contributed by atoms with Crippen LogP contribution in [0.4, 0.5) is 0 Å². The van der Waals surface area contributed by atoms with Gasteiger partial charge in [-0.25, -0.2) is 0 Å². The van der Waals surface area contributed by atoms with Gasteiger partial charge in [-0.05, 0) is 0 Å². The first kappa shape index (κ1) is 11.2. The fraction of sp³-hybridized carbons (Fsp3) is 0.333. The average Bonchev–Trinajstić information content (AvgIpc) is 1.69. The van der Waals surface area contributed by atoms with E-state index in [1.165, 1.54) is 7.96 Å². The molecule has 2 radical (unpaired) electrons. The van der Waals surface area contributed by atoms with E-state index in [1.54, 1.807) is 0 Å². The van der Waals surface area contributed by atoms with Crippen molar-refractivity contribution in [3.8, 4) is 0 Å². The molecule has 0 saturated carbocycles. The average molecular weight is 307 g/mol. The van der Waals surface area contributed by atoms with Crippen LogP contribution in [0.3, 0.4) is 0 Å². The first-order chi connectivity index (χ1) is 3.41. The van der Waals surface area contributed by atoms with Gasteiger partial charge < -0.3 is 5.48 Å². The standard InChI is InChI=1S/2C3H5.H2O.Pb/c2*1-3-2;;/h2*3H,1-2H2;1H2;. The molecule has 1 nitrogen and oxygen atoms in total. The Morgan fingerprint density at radius 3 is 1.75 bits per heavy atom. The summed E-state index contributed by atoms with van der Waals surface area (Å²) in [7, 11) is 0. The van der Waals surface area contributed by atoms with Crippen molar-refractivity contribution in [3.63, 3.8) is 0 Å². The summed E-state index contributed by atoms with van der Waals surface area (Å²) in [6, 6.07) is 0. The van der Waals surface area contributed by atoms with Gasteiger partial charge >= 0.3 is 57.5 Å². The molecule has 0 heterocycles. The first-order valence-corrected chi connectivity index (χ1v) is 7.84. The summed E-state index contributed by atoms with van der Waals surface area (Å²) in [5.41, 5.74) is 0. The Balaban J connectivity index is 0. The van der Waals surface area contributed by atoms with Crippen molar-refractivity contribution in [3.05, 3.63) is 25.3 Å². The van der Waals surface area contributed by atoms with Crippen molar-refractivity contribution in [2.45, 2.75) is 7.96 Å². The van der Waals surface area contributed by atoms with Crippen LogP contribution in [0.1, 0.15) is 0 Å². The molecule has 0 aliphatic carbocycles. The van der Waals surface area contributed by atoms with Gasteiger partial charge in [-0.1, -0.05) is 0 Å². The third-order valence-corrected chi connectivity index (χ3v) is 5.07. The maximum atomic E-state index is 3.65. The van der Waals surface area contributed by atoms with Crippen LogP contribution in [-0.4, -0.2) is 29.7 Å². The molecular formula is C6H12OPb. The van der Waals surface area contributed by atoms with E-state index in [2.05, 4.69) is 13.2 Å². The third kappa shape index (κ3) is 9.61. The van der Waals surface area contributed by atoms with E-state index in [9.17, 15) is 0 Å². The van der Waals surface area contributed by atoms with Crippen molar-refractivity contribution >= 4 is 24.2 Å². The van der Waals surface area contributed by atoms with Crippen molar-refractivity contribution in [1.29, 1.82) is 0 Å². The van der Waals surface area contributed by atoms with Gasteiger partial charge in [0.15, 0.2) is 0 Å². The minimum absolute atomic E-state index is 0. The molecule has 0 aliphatic heterocycles. The molecule has 0 saturated heterocycles. The van der Waals surface area contributed by atoms with Crippen LogP contribution in [0.5, 0.6) is 0 Å². The van der Waals surface area contributed by atoms with Crippen molar-refractivity contribution in [2.75, 3.05) is 0 Å². The van der Waals surface area contributed by atoms with E-state index in [4.69, 9.17) is 0 Å². The summed E-state index contributed by atoms with van der Waals surface area (Å²) in [5, 5.41) is 0. The van der Waals surface area contributed by atoms with Gasteiger partial charge in [0, 0.05) is 0 Å². The predicted molar refractivity (Wildman–Crippen MR) is 39.4 cm³/mol. The van der Waals surface area contributed by atoms with Crippen molar-refractivity contribution in [2.24, 2.45) is 0 Å². The second kappa shape index (κ2) is 10.4. The van der Waals surface area contributed by atoms with Crippen LogP contribution < -0.4 is 0 Å². The molecule has 2 N–H and O–H groups in total. The molecule has 0 unspecified atom stereocenters. The largest absolute Gasteiger partial charge is 0.412 e. The Hall–Kier alpha value is 0.362. The van der Waals surface area contributed by atoms with Crippen LogP contribution in [0.15, 0.2) is 25.3 Å². The van der Waals surface area contributed by atoms with Crippen molar-refractivity contribution in [1.82, 2.24) is 0 Å². The molecule has 0 rings (SSSR count). The predicted octanol–water partition coefficient (Wildman–Crippen LogP) is 1.07. The van der Waals surface area contributed by atoms with Crippen LogP contribution in [0.25, 0.3) is 0 Å². The van der Waals surface area contributed by atoms with Crippen LogP contribution in [0.2, 0.25) is 7.96 Å². The Labute approximate surface area is 63.0 Å². The van der Waals surface area contributed by atoms with E-state index in [-0.39, 0.29) is 29.7 Å². The number of rotatable bonds is 4. The fourth-order valence-corrected chi connectivity index (χ4v) is 2.52. The molecular weight excluding hydrogens is 295 g/mol. The molecule has 8 heavy (non-hydrogen) atoms. The molecule has 0 aromatic carbocycles. The molecule has 0 aliphatic rings. The minimum Gasteiger partial charge on any atom is -0.412 e. The SMILES string of the molecule is C=C[CH2][Pb][CH2]C=C.O. The smallest absolute Gasteiger partial charge is 0.412 e. The summed E-state index contributed by atoms with van der Waals surface area (Å²) in [5.74, 6) is 0. The Bertz CT molecular complexity index is 53.5. The molecule has 0 amide bonds. The first-order valence-electron chi connectivity index (χ1n) is 2.34. The van der Waals surface area contributed by atoms with Gasteiger partial charge in [0.1, 0.15) is 0 Å². The minimum atomic E-state index is -0.235. The molecule has 0 bridgehead atoms. The quantitative estimate of drug-likeness (QED) is 0.423. The van der Waals surface area contributed by atoms with Gasteiger partial charge in [0.2, 0.25) is 0 Å². The molecule has 0 aromatic rings. The number of hydrogen-bond acceptors (Lipinski definition) is 0. The summed E-state index contributed by atoms with van der Waals surface area (Å²) in [4.78, 5) is 0. The normalized spacial score (nSPS) is 7.00. The summed E-state index contributed by atoms with van der Waals surface area (Å²) < 4.78 is 2.62. The topological polar surface area (TPSA) is 31.5 Å². The van der Waals surface area contributed by atoms with Crippen LogP contribution in [0, 0.1) is 0 Å². The van der Waals surface area contributed by atoms with Gasteiger partial charge in [-0.15, -0.1) is 0 Å². The Morgan fingerprint density at radius 1 is 1.12 bits per heavy atom. The zero-order chi connectivity index (χ0) is 5.54. The van der Waals surface area contributed by atoms with Gasteiger partial charge in [-0.3, -0.25) is 0 Å². The molecule has 46 valence electrons. The zero-order valence-corrected chi connectivity index (χ0v) is 8.87. The molecule has 0 aromatic heterocycles. The second-order valence-corrected chi connectivity index (χ2v) is 6.35. The third-order valence-electron chi connectivity index (χ3n) is 0.577. The molecule has 2 heteroatoms. The molecule has 0 spiro atoms. The zero-order valence-electron chi connectivity index (χ0n) is 4.98. The number of allylic oxidation sites excluding steroid dienone is 2. The van der Waals surface area contributed by atoms with E-state index in [1.807, 2.05) is 12.2 Å². The summed E-state index contributed by atoms with van der Waals surface area (Å²) in [6.07, 6.45) is 4.04. The fourth-order valence-electron chi connectivity index (χ4n) is 0.287. The van der Waals surface area contributed by atoms with Gasteiger partial charge in [0.05, 0.1) is 0 Å². The molecule has 0 fully saturated rings. The van der Waals surface area contributed by atoms with Gasteiger partial charge in [0.25, 0.3) is 0 Å². The maximum Gasteiger partial charge on any atom is -0.412 e. The Kier molecular flexibility index (Phi) is 14.5. The Morgan fingerprint density at radius 2 is 1.50 bits per heavy atom. The maximum absolute atomic E-state index is 3.65. The number of hydrogen-bond donors (Lipinski definition) is 0. The van der Waals surface area contributed by atoms with E-state index < -0.39 is 0 Å². The molecule has 0 atom stereocenters.